The third-order valence-corrected chi connectivity index (χ3v) is 6.84. The number of hydrogen-bond acceptors (Lipinski definition) is 7. The molecule has 1 saturated heterocycles. The van der Waals surface area contributed by atoms with E-state index >= 15 is 0 Å². The largest absolute Gasteiger partial charge is 0.497 e. The Morgan fingerprint density at radius 1 is 1.13 bits per heavy atom. The fourth-order valence-corrected chi connectivity index (χ4v) is 4.80. The molecular weight excluding hydrogens is 498 g/mol. The zero-order valence-corrected chi connectivity index (χ0v) is 21.9. The van der Waals surface area contributed by atoms with Crippen LogP contribution < -0.4 is 10.1 Å². The summed E-state index contributed by atoms with van der Waals surface area (Å²) in [7, 11) is 1.65. The van der Waals surface area contributed by atoms with Crippen molar-refractivity contribution in [3.63, 3.8) is 0 Å². The molecule has 4 aromatic rings. The van der Waals surface area contributed by atoms with E-state index in [-0.39, 0.29) is 31.2 Å². The Morgan fingerprint density at radius 2 is 1.87 bits per heavy atom. The van der Waals surface area contributed by atoms with Crippen molar-refractivity contribution in [1.82, 2.24) is 24.9 Å². The van der Waals surface area contributed by atoms with Crippen LogP contribution in [0.4, 0.5) is 0 Å². The van der Waals surface area contributed by atoms with Crippen LogP contribution in [0.1, 0.15) is 29.0 Å². The van der Waals surface area contributed by atoms with Crippen molar-refractivity contribution in [2.24, 2.45) is 0 Å². The summed E-state index contributed by atoms with van der Waals surface area (Å²) in [4.78, 5) is 31.5. The highest BCUT2D eigenvalue weighted by Gasteiger charge is 2.38. The van der Waals surface area contributed by atoms with E-state index in [2.05, 4.69) is 20.0 Å². The van der Waals surface area contributed by atoms with Gasteiger partial charge in [-0.15, -0.1) is 0 Å². The number of methoxy groups -OCH3 is 1. The maximum absolute atomic E-state index is 13.0. The number of amides is 2. The van der Waals surface area contributed by atoms with Gasteiger partial charge in [-0.1, -0.05) is 41.6 Å². The van der Waals surface area contributed by atoms with Crippen LogP contribution in [0.15, 0.2) is 71.6 Å². The van der Waals surface area contributed by atoms with Gasteiger partial charge in [-0.25, -0.2) is 4.98 Å². The van der Waals surface area contributed by atoms with E-state index in [1.807, 2.05) is 54.7 Å². The molecule has 0 aliphatic carbocycles. The molecule has 0 radical (unpaired) electrons. The zero-order chi connectivity index (χ0) is 27.4. The number of carbonyl (C=O) groups excluding carboxylic acids is 2. The van der Waals surface area contributed by atoms with E-state index in [1.165, 1.54) is 4.90 Å². The second-order valence-corrected chi connectivity index (χ2v) is 9.73. The molecule has 0 unspecified atom stereocenters. The summed E-state index contributed by atoms with van der Waals surface area (Å²) >= 11 is 0. The summed E-state index contributed by atoms with van der Waals surface area (Å²) in [6, 6.07) is 16.8. The fourth-order valence-electron chi connectivity index (χ4n) is 4.80. The molecule has 0 spiro atoms. The highest BCUT2D eigenvalue weighted by atomic mass is 16.5. The highest BCUT2D eigenvalue weighted by Crippen LogP contribution is 2.23. The summed E-state index contributed by atoms with van der Waals surface area (Å²) in [5, 5.41) is 16.9. The minimum Gasteiger partial charge on any atom is -0.497 e. The molecule has 202 valence electrons. The van der Waals surface area contributed by atoms with Crippen molar-refractivity contribution in [2.75, 3.05) is 13.7 Å². The lowest BCUT2D eigenvalue weighted by Gasteiger charge is -2.23. The molecule has 2 amide bonds. The molecule has 2 aromatic heterocycles. The van der Waals surface area contributed by atoms with Crippen LogP contribution in [-0.4, -0.2) is 62.3 Å². The zero-order valence-electron chi connectivity index (χ0n) is 21.9. The summed E-state index contributed by atoms with van der Waals surface area (Å²) in [5.74, 6) is 0.675. The van der Waals surface area contributed by atoms with Gasteiger partial charge in [0.1, 0.15) is 17.6 Å². The fraction of sp³-hybridized carbons (Fsp3) is 0.310. The normalized spacial score (nSPS) is 16.8. The molecule has 2 atom stereocenters. The van der Waals surface area contributed by atoms with Crippen LogP contribution in [-0.2, 0) is 29.1 Å². The summed E-state index contributed by atoms with van der Waals surface area (Å²) < 4.78 is 12.4. The Morgan fingerprint density at radius 3 is 2.56 bits per heavy atom. The van der Waals surface area contributed by atoms with Crippen molar-refractivity contribution < 1.29 is 24.0 Å². The molecule has 10 nitrogen and oxygen atoms in total. The predicted octanol–water partition coefficient (Wildman–Crippen LogP) is 2.72. The molecule has 2 N–H and O–H groups in total. The van der Waals surface area contributed by atoms with E-state index in [1.54, 1.807) is 26.4 Å². The van der Waals surface area contributed by atoms with Crippen LogP contribution in [0.3, 0.4) is 0 Å². The molecule has 1 aliphatic rings. The lowest BCUT2D eigenvalue weighted by Crippen LogP contribution is -2.46. The number of carbonyl (C=O) groups is 2. The molecular formula is C29H31N5O5. The number of benzene rings is 2. The monoisotopic (exact) mass is 529 g/mol. The van der Waals surface area contributed by atoms with Gasteiger partial charge in [-0.05, 0) is 35.7 Å². The molecule has 10 heteroatoms. The Labute approximate surface area is 226 Å². The topological polar surface area (TPSA) is 123 Å². The molecule has 3 heterocycles. The van der Waals surface area contributed by atoms with Crippen molar-refractivity contribution in [1.29, 1.82) is 0 Å². The van der Waals surface area contributed by atoms with E-state index in [9.17, 15) is 14.7 Å². The van der Waals surface area contributed by atoms with Crippen LogP contribution in [0.2, 0.25) is 0 Å². The first-order valence-corrected chi connectivity index (χ1v) is 12.8. The highest BCUT2D eigenvalue weighted by molar-refractivity contribution is 5.89. The van der Waals surface area contributed by atoms with Crippen molar-refractivity contribution in [3.8, 4) is 17.0 Å². The third-order valence-electron chi connectivity index (χ3n) is 6.84. The van der Waals surface area contributed by atoms with Gasteiger partial charge >= 0.3 is 0 Å². The van der Waals surface area contributed by atoms with Crippen LogP contribution in [0.5, 0.6) is 5.75 Å². The summed E-state index contributed by atoms with van der Waals surface area (Å²) in [5.41, 5.74) is 4.73. The number of nitrogens with one attached hydrogen (secondary N) is 1. The Hall–Kier alpha value is -4.44. The SMILES string of the molecule is COc1ccc(Cn2cncc2-c2ccc(CNC(=O)[C@@H]3C[C@@H](O)CN3C(=O)Cc3cc(C)no3)cc2)cc1. The average molecular weight is 530 g/mol. The molecule has 1 fully saturated rings. The van der Waals surface area contributed by atoms with E-state index in [0.29, 0.717) is 24.5 Å². The molecule has 0 bridgehead atoms. The standard InChI is InChI=1S/C29H31N5O5/c1-19-11-25(39-32-19)13-28(36)34-17-23(35)12-26(34)29(37)31-14-20-3-7-22(8-4-20)27-15-30-18-33(27)16-21-5-9-24(38-2)10-6-21/h3-11,15,18,23,26,35H,12-14,16-17H2,1-2H3,(H,31,37)/t23-,26+/m1/s1. The first-order chi connectivity index (χ1) is 18.9. The second-order valence-electron chi connectivity index (χ2n) is 9.73. The number of hydrogen-bond donors (Lipinski definition) is 2. The number of aromatic nitrogens is 3. The van der Waals surface area contributed by atoms with Gasteiger partial charge in [-0.3, -0.25) is 9.59 Å². The van der Waals surface area contributed by atoms with Gasteiger partial charge in [0.05, 0.1) is 43.5 Å². The number of β-amino-alcohol motifs (C(OH)–C–C–N with tert-alkyl or cyclic N) is 1. The van der Waals surface area contributed by atoms with Crippen LogP contribution in [0.25, 0.3) is 11.3 Å². The van der Waals surface area contributed by atoms with Gasteiger partial charge in [-0.2, -0.15) is 0 Å². The minimum atomic E-state index is -0.747. The Kier molecular flexibility index (Phi) is 7.74. The number of rotatable bonds is 9. The quantitative estimate of drug-likeness (QED) is 0.342. The molecule has 1 aliphatic heterocycles. The van der Waals surface area contributed by atoms with Crippen LogP contribution >= 0.6 is 0 Å². The number of aliphatic hydroxyl groups is 1. The van der Waals surface area contributed by atoms with Gasteiger partial charge < -0.3 is 29.2 Å². The van der Waals surface area contributed by atoms with Gasteiger partial charge in [0.15, 0.2) is 0 Å². The number of imidazole rings is 1. The number of likely N-dealkylation sites (tertiary alicyclic amines) is 1. The van der Waals surface area contributed by atoms with Gasteiger partial charge in [0.25, 0.3) is 0 Å². The smallest absolute Gasteiger partial charge is 0.243 e. The van der Waals surface area contributed by atoms with Crippen LogP contribution in [0, 0.1) is 6.92 Å². The maximum Gasteiger partial charge on any atom is 0.243 e. The minimum absolute atomic E-state index is 0.00610. The molecule has 0 saturated carbocycles. The van der Waals surface area contributed by atoms with Gasteiger partial charge in [0, 0.05) is 32.1 Å². The van der Waals surface area contributed by atoms with E-state index in [0.717, 1.165) is 28.1 Å². The maximum atomic E-state index is 13.0. The lowest BCUT2D eigenvalue weighted by atomic mass is 10.1. The number of ether oxygens (including phenoxy) is 1. The Balaban J connectivity index is 1.19. The Bertz CT molecular complexity index is 1430. The first-order valence-electron chi connectivity index (χ1n) is 12.8. The summed E-state index contributed by atoms with van der Waals surface area (Å²) in [6.07, 6.45) is 3.08. The lowest BCUT2D eigenvalue weighted by molar-refractivity contribution is -0.138. The second kappa shape index (κ2) is 11.5. The molecule has 5 rings (SSSR count). The number of nitrogens with zero attached hydrogens (tertiary/aromatic N) is 4. The van der Waals surface area contributed by atoms with Crippen molar-refractivity contribution in [2.45, 2.75) is 45.0 Å². The molecule has 39 heavy (non-hydrogen) atoms. The third kappa shape index (κ3) is 6.18. The van der Waals surface area contributed by atoms with Crippen molar-refractivity contribution in [3.05, 3.63) is 89.7 Å². The van der Waals surface area contributed by atoms with E-state index in [4.69, 9.17) is 9.26 Å². The average Bonchev–Trinajstić information content (AvgIpc) is 3.68. The van der Waals surface area contributed by atoms with E-state index < -0.39 is 12.1 Å². The van der Waals surface area contributed by atoms with Crippen molar-refractivity contribution >= 4 is 11.8 Å². The first kappa shape index (κ1) is 26.2. The number of aryl methyl sites for hydroxylation is 1. The predicted molar refractivity (Wildman–Crippen MR) is 143 cm³/mol. The van der Waals surface area contributed by atoms with Gasteiger partial charge in [0.2, 0.25) is 11.8 Å². The summed E-state index contributed by atoms with van der Waals surface area (Å²) in [6.45, 7) is 2.87. The number of aliphatic hydroxyl groups excluding tert-OH is 1. The molecule has 2 aromatic carbocycles.